The number of nitrogens with two attached hydrogens (primary N) is 6. The van der Waals surface area contributed by atoms with E-state index in [-0.39, 0.29) is 38.1 Å². The molecule has 3 atom stereocenters. The van der Waals surface area contributed by atoms with Gasteiger partial charge in [0.15, 0.2) is 0 Å². The zero-order valence-electron chi connectivity index (χ0n) is 27.0. The highest BCUT2D eigenvalue weighted by molar-refractivity contribution is 5.84. The van der Waals surface area contributed by atoms with Crippen molar-refractivity contribution >= 4 is 35.6 Å². The number of carboxylic acids is 3. The van der Waals surface area contributed by atoms with Crippen molar-refractivity contribution in [2.75, 3.05) is 39.3 Å². The van der Waals surface area contributed by atoms with Crippen LogP contribution < -0.4 is 84.1 Å². The van der Waals surface area contributed by atoms with E-state index >= 15 is 0 Å². The van der Waals surface area contributed by atoms with Crippen molar-refractivity contribution in [2.24, 2.45) is 34.4 Å². The van der Waals surface area contributed by atoms with Crippen LogP contribution in [0, 0.1) is 0 Å². The molecule has 0 unspecified atom stereocenters. The molecule has 0 aliphatic rings. The van der Waals surface area contributed by atoms with Gasteiger partial charge >= 0.3 is 0 Å². The fraction of sp³-hybridized carbons (Fsp3) is 0.750. The molecule has 45 heavy (non-hydrogen) atoms. The molecular formula is C24H60N12O9. The van der Waals surface area contributed by atoms with Gasteiger partial charge in [-0.1, -0.05) is 0 Å². The first-order valence-corrected chi connectivity index (χ1v) is 13.6. The van der Waals surface area contributed by atoms with Crippen molar-refractivity contribution < 1.29 is 44.1 Å². The number of amides is 3. The second-order valence-corrected chi connectivity index (χ2v) is 8.78. The number of rotatable bonds is 21. The number of carbonyl (C=O) groups is 6. The Bertz CT molecular complexity index is 695. The molecule has 3 amide bonds. The average Bonchev–Trinajstić information content (AvgIpc) is 2.95. The normalized spacial score (nSPS) is 11.3. The Labute approximate surface area is 264 Å². The summed E-state index contributed by atoms with van der Waals surface area (Å²) in [5, 5.41) is 38.4. The first-order chi connectivity index (χ1) is 19.8. The van der Waals surface area contributed by atoms with Gasteiger partial charge in [0.1, 0.15) is 0 Å². The molecule has 0 saturated heterocycles. The predicted molar refractivity (Wildman–Crippen MR) is 165 cm³/mol. The van der Waals surface area contributed by atoms with E-state index in [1.54, 1.807) is 0 Å². The second kappa shape index (κ2) is 36.7. The smallest absolute Gasteiger partial charge is 0.234 e. The summed E-state index contributed by atoms with van der Waals surface area (Å²) in [7, 11) is 0. The number of carboxylic acid groups (broad SMARTS) is 3. The first-order valence-electron chi connectivity index (χ1n) is 13.6. The van der Waals surface area contributed by atoms with E-state index in [1.807, 2.05) is 0 Å². The topological polar surface area (TPSA) is 473 Å². The third kappa shape index (κ3) is 34.8. The molecule has 0 bridgehead atoms. The van der Waals surface area contributed by atoms with Gasteiger partial charge in [-0.3, -0.25) is 14.4 Å². The molecule has 0 fully saturated rings. The number of hydrogen-bond acceptors (Lipinski definition) is 15. The molecule has 0 rings (SSSR count). The molecule has 0 aromatic rings. The Morgan fingerprint density at radius 1 is 0.422 bits per heavy atom. The van der Waals surface area contributed by atoms with E-state index in [4.69, 9.17) is 34.4 Å². The lowest BCUT2D eigenvalue weighted by Crippen LogP contribution is -2.49. The Hall–Kier alpha value is -3.54. The Morgan fingerprint density at radius 3 is 0.756 bits per heavy atom. The van der Waals surface area contributed by atoms with Crippen LogP contribution in [0.3, 0.4) is 0 Å². The van der Waals surface area contributed by atoms with Crippen LogP contribution in [-0.4, -0.2) is 93.0 Å². The Morgan fingerprint density at radius 2 is 0.622 bits per heavy atom. The number of aliphatic carboxylic acids is 3. The third-order valence-electron chi connectivity index (χ3n) is 5.26. The van der Waals surface area contributed by atoms with Crippen LogP contribution in [-0.2, 0) is 28.8 Å². The minimum Gasteiger partial charge on any atom is -0.548 e. The van der Waals surface area contributed by atoms with E-state index < -0.39 is 53.8 Å². The predicted octanol–water partition coefficient (Wildman–Crippen LogP) is -6.95. The molecule has 21 heteroatoms. The van der Waals surface area contributed by atoms with Gasteiger partial charge < -0.3 is 98.5 Å². The molecule has 0 aromatic heterocycles. The van der Waals surface area contributed by atoms with Crippen molar-refractivity contribution in [3.8, 4) is 0 Å². The van der Waals surface area contributed by atoms with Gasteiger partial charge in [-0.05, 0) is 77.4 Å². The summed E-state index contributed by atoms with van der Waals surface area (Å²) >= 11 is 0. The second-order valence-electron chi connectivity index (χ2n) is 8.78. The van der Waals surface area contributed by atoms with E-state index in [9.17, 15) is 44.1 Å². The lowest BCUT2D eigenvalue weighted by atomic mass is 10.1. The van der Waals surface area contributed by atoms with Crippen LogP contribution in [0.4, 0.5) is 0 Å². The van der Waals surface area contributed by atoms with Gasteiger partial charge in [-0.15, -0.1) is 0 Å². The summed E-state index contributed by atoms with van der Waals surface area (Å²) in [6, 6.07) is -2.88. The zero-order valence-corrected chi connectivity index (χ0v) is 27.0. The molecular weight excluding hydrogens is 600 g/mol. The largest absolute Gasteiger partial charge is 0.548 e. The molecule has 0 saturated carbocycles. The number of unbranched alkanes of at least 4 members (excludes halogenated alkanes) is 3. The fourth-order valence-electron chi connectivity index (χ4n) is 2.98. The molecule has 21 nitrogen and oxygen atoms in total. The van der Waals surface area contributed by atoms with Crippen molar-refractivity contribution in [2.45, 2.75) is 75.9 Å². The lowest BCUT2D eigenvalue weighted by molar-refractivity contribution is -0.309. The Balaban J connectivity index is -0.000000123. The summed E-state index contributed by atoms with van der Waals surface area (Å²) in [6.45, 7) is 0.849. The SMILES string of the molecule is NCCCC[C@H](NC(=O)CN)C(=O)[O-].NCCCC[C@H](NC(=O)CN)C(=O)[O-].NCCCC[C@H](NC(=O)CN)C(=O)[O-].[NH4+].[NH4+].[NH4+]. The summed E-state index contributed by atoms with van der Waals surface area (Å²) in [6.07, 6.45) is 5.06. The molecule has 0 aliphatic carbocycles. The van der Waals surface area contributed by atoms with E-state index in [0.29, 0.717) is 58.2 Å². The zero-order chi connectivity index (χ0) is 32.9. The van der Waals surface area contributed by atoms with Gasteiger partial charge in [-0.25, -0.2) is 0 Å². The molecule has 27 N–H and O–H groups in total. The van der Waals surface area contributed by atoms with E-state index in [1.165, 1.54) is 0 Å². The molecule has 0 aromatic carbocycles. The Kier molecular flexibility index (Phi) is 44.0. The summed E-state index contributed by atoms with van der Waals surface area (Å²) in [5.74, 6) is -5.35. The molecule has 0 heterocycles. The lowest BCUT2D eigenvalue weighted by Gasteiger charge is -2.18. The van der Waals surface area contributed by atoms with E-state index in [2.05, 4.69) is 16.0 Å². The summed E-state index contributed by atoms with van der Waals surface area (Å²) in [4.78, 5) is 64.1. The van der Waals surface area contributed by atoms with Crippen molar-refractivity contribution in [1.82, 2.24) is 34.4 Å². The highest BCUT2D eigenvalue weighted by Crippen LogP contribution is 2.01. The minimum absolute atomic E-state index is 0. The highest BCUT2D eigenvalue weighted by atomic mass is 16.4. The van der Waals surface area contributed by atoms with E-state index in [0.717, 1.165) is 19.3 Å². The number of nitrogens with one attached hydrogen (secondary N) is 3. The quantitative estimate of drug-likeness (QED) is 0.0509. The maximum Gasteiger partial charge on any atom is 0.234 e. The van der Waals surface area contributed by atoms with Gasteiger partial charge in [0, 0.05) is 0 Å². The maximum atomic E-state index is 10.8. The monoisotopic (exact) mass is 660 g/mol. The van der Waals surface area contributed by atoms with Crippen molar-refractivity contribution in [1.29, 1.82) is 0 Å². The van der Waals surface area contributed by atoms with Crippen LogP contribution in [0.25, 0.3) is 0 Å². The maximum absolute atomic E-state index is 10.8. The van der Waals surface area contributed by atoms with Crippen molar-refractivity contribution in [3.63, 3.8) is 0 Å². The minimum atomic E-state index is -1.29. The number of quaternary nitrogens is 3. The molecule has 270 valence electrons. The van der Waals surface area contributed by atoms with Crippen LogP contribution in [0.5, 0.6) is 0 Å². The standard InChI is InChI=1S/3C8H17N3O3.3H3N/c3*9-4-2-1-3-6(8(13)14)11-7(12)5-10;;;/h3*6H,1-5,9-10H2,(H,11,12)(H,13,14);3*1H3/t3*6-;;;/m000.../s1. The summed E-state index contributed by atoms with van der Waals surface area (Å²) in [5.41, 5.74) is 30.8. The molecule has 0 radical (unpaired) electrons. The van der Waals surface area contributed by atoms with Gasteiger partial charge in [-0.2, -0.15) is 0 Å². The summed E-state index contributed by atoms with van der Waals surface area (Å²) < 4.78 is 0. The van der Waals surface area contributed by atoms with Crippen LogP contribution in [0.15, 0.2) is 0 Å². The van der Waals surface area contributed by atoms with Gasteiger partial charge in [0.2, 0.25) is 17.7 Å². The molecule has 0 aliphatic heterocycles. The highest BCUT2D eigenvalue weighted by Gasteiger charge is 2.13. The third-order valence-corrected chi connectivity index (χ3v) is 5.26. The first kappa shape index (κ1) is 54.0. The average molecular weight is 661 g/mol. The van der Waals surface area contributed by atoms with Crippen LogP contribution in [0.1, 0.15) is 57.8 Å². The van der Waals surface area contributed by atoms with Crippen molar-refractivity contribution in [3.05, 3.63) is 0 Å². The fourth-order valence-corrected chi connectivity index (χ4v) is 2.98. The van der Waals surface area contributed by atoms with Gasteiger partial charge in [0.25, 0.3) is 0 Å². The number of carbonyl (C=O) groups excluding carboxylic acids is 6. The van der Waals surface area contributed by atoms with Crippen LogP contribution >= 0.6 is 0 Å². The van der Waals surface area contributed by atoms with Crippen LogP contribution in [0.2, 0.25) is 0 Å². The number of hydrogen-bond donors (Lipinski definition) is 12. The molecule has 0 spiro atoms. The van der Waals surface area contributed by atoms with Gasteiger partial charge in [0.05, 0.1) is 55.7 Å².